The van der Waals surface area contributed by atoms with E-state index in [1.54, 1.807) is 33.9 Å². The van der Waals surface area contributed by atoms with Crippen LogP contribution in [-0.4, -0.2) is 69.2 Å². The van der Waals surface area contributed by atoms with Gasteiger partial charge in [-0.25, -0.2) is 14.4 Å². The van der Waals surface area contributed by atoms with Crippen molar-refractivity contribution in [2.45, 2.75) is 90.1 Å². The van der Waals surface area contributed by atoms with Gasteiger partial charge >= 0.3 is 18.2 Å². The second-order valence-corrected chi connectivity index (χ2v) is 22.5. The molecule has 5 aromatic carbocycles. The van der Waals surface area contributed by atoms with E-state index in [9.17, 15) is 19.2 Å². The van der Waals surface area contributed by atoms with Crippen LogP contribution in [0, 0.1) is 0 Å². The summed E-state index contributed by atoms with van der Waals surface area (Å²) in [5.74, 6) is -0.593. The molecule has 0 heterocycles. The number of benzene rings is 5. The standard InChI is InChI=1S/C51H61N5O7Si/c1-50(2,3)63-48(59)55-45(27-18-30-53-47(52)58)46(57)54-37-29-28-35(33-62-64(51(4,5)6,38-19-10-8-11-20-38)39-21-12-9-13-22-39)36(31-37)32-56(7)49(60)61-34-44-42-25-16-14-23-40(42)41-24-15-17-26-43(41)44/h8-17,19-26,28-29,31,44-45H,18,27,30,32-34H2,1-7H3,(H,54,57)(H,55,59)(H3,52,53,58)/t45-/m0/s1. The molecule has 0 aliphatic heterocycles. The van der Waals surface area contributed by atoms with Gasteiger partial charge in [-0.15, -0.1) is 0 Å². The fraction of sp³-hybridized carbons (Fsp3) is 0.333. The summed E-state index contributed by atoms with van der Waals surface area (Å²) in [4.78, 5) is 53.6. The fourth-order valence-corrected chi connectivity index (χ4v) is 13.0. The predicted octanol–water partition coefficient (Wildman–Crippen LogP) is 8.42. The van der Waals surface area contributed by atoms with Crippen LogP contribution in [0.5, 0.6) is 0 Å². The van der Waals surface area contributed by atoms with Gasteiger partial charge in [0.1, 0.15) is 18.2 Å². The lowest BCUT2D eigenvalue weighted by Gasteiger charge is -2.43. The van der Waals surface area contributed by atoms with Gasteiger partial charge in [-0.2, -0.15) is 0 Å². The number of alkyl carbamates (subject to hydrolysis) is 1. The summed E-state index contributed by atoms with van der Waals surface area (Å²) in [6.45, 7) is 12.6. The van der Waals surface area contributed by atoms with Gasteiger partial charge in [0.2, 0.25) is 5.91 Å². The molecule has 0 fully saturated rings. The van der Waals surface area contributed by atoms with Gasteiger partial charge in [0, 0.05) is 31.7 Å². The second-order valence-electron chi connectivity index (χ2n) is 18.2. The summed E-state index contributed by atoms with van der Waals surface area (Å²) < 4.78 is 18.9. The molecule has 5 aromatic rings. The van der Waals surface area contributed by atoms with Crippen molar-refractivity contribution in [2.24, 2.45) is 5.73 Å². The molecule has 1 aliphatic carbocycles. The van der Waals surface area contributed by atoms with Crippen molar-refractivity contribution in [3.8, 4) is 11.1 Å². The Bertz CT molecular complexity index is 2330. The Morgan fingerprint density at radius 3 is 1.86 bits per heavy atom. The van der Waals surface area contributed by atoms with E-state index in [1.165, 1.54) is 4.90 Å². The number of nitrogens with zero attached hydrogens (tertiary/aromatic N) is 1. The van der Waals surface area contributed by atoms with Crippen LogP contribution in [0.25, 0.3) is 11.1 Å². The first-order valence-corrected chi connectivity index (χ1v) is 23.6. The number of nitrogens with two attached hydrogens (primary N) is 1. The number of nitrogens with one attached hydrogen (secondary N) is 3. The van der Waals surface area contributed by atoms with Gasteiger partial charge in [-0.05, 0) is 94.5 Å². The molecule has 0 unspecified atom stereocenters. The number of fused-ring (bicyclic) bond motifs is 3. The average Bonchev–Trinajstić information content (AvgIpc) is 3.57. The third-order valence-electron chi connectivity index (χ3n) is 11.4. The molecular weight excluding hydrogens is 823 g/mol. The number of hydrogen-bond acceptors (Lipinski definition) is 7. The van der Waals surface area contributed by atoms with Gasteiger partial charge in [0.15, 0.2) is 0 Å². The molecule has 13 heteroatoms. The quantitative estimate of drug-likeness (QED) is 0.0572. The minimum Gasteiger partial charge on any atom is -0.448 e. The second kappa shape index (κ2) is 20.4. The highest BCUT2D eigenvalue weighted by Crippen LogP contribution is 2.44. The van der Waals surface area contributed by atoms with Crippen molar-refractivity contribution in [1.29, 1.82) is 0 Å². The third kappa shape index (κ3) is 11.4. The number of amides is 5. The molecule has 0 saturated carbocycles. The topological polar surface area (TPSA) is 161 Å². The first kappa shape index (κ1) is 47.0. The molecule has 5 N–H and O–H groups in total. The zero-order valence-electron chi connectivity index (χ0n) is 37.9. The minimum atomic E-state index is -2.97. The highest BCUT2D eigenvalue weighted by molar-refractivity contribution is 6.99. The van der Waals surface area contributed by atoms with Crippen LogP contribution in [0.2, 0.25) is 5.04 Å². The maximum Gasteiger partial charge on any atom is 0.409 e. The number of carbonyl (C=O) groups excluding carboxylic acids is 4. The Balaban J connectivity index is 1.29. The van der Waals surface area contributed by atoms with Gasteiger partial charge < -0.3 is 40.5 Å². The largest absolute Gasteiger partial charge is 0.448 e. The molecule has 1 aliphatic rings. The predicted molar refractivity (Wildman–Crippen MR) is 254 cm³/mol. The Hall–Kier alpha value is -6.44. The number of primary amides is 1. The van der Waals surface area contributed by atoms with E-state index in [-0.39, 0.29) is 43.7 Å². The highest BCUT2D eigenvalue weighted by Gasteiger charge is 2.50. The van der Waals surface area contributed by atoms with Crippen LogP contribution < -0.4 is 32.1 Å². The molecule has 6 rings (SSSR count). The van der Waals surface area contributed by atoms with Gasteiger partial charge in [0.25, 0.3) is 8.32 Å². The maximum absolute atomic E-state index is 13.9. The first-order valence-electron chi connectivity index (χ1n) is 21.7. The first-order chi connectivity index (χ1) is 30.5. The van der Waals surface area contributed by atoms with Crippen LogP contribution in [-0.2, 0) is 31.8 Å². The number of anilines is 1. The molecular formula is C51H61N5O7Si. The van der Waals surface area contributed by atoms with E-state index in [1.807, 2.05) is 72.8 Å². The molecule has 336 valence electrons. The van der Waals surface area contributed by atoms with E-state index in [4.69, 9.17) is 19.6 Å². The Morgan fingerprint density at radius 1 is 0.750 bits per heavy atom. The summed E-state index contributed by atoms with van der Waals surface area (Å²) in [5.41, 5.74) is 11.0. The molecule has 1 atom stereocenters. The van der Waals surface area contributed by atoms with Crippen LogP contribution in [0.1, 0.15) is 82.6 Å². The fourth-order valence-electron chi connectivity index (χ4n) is 8.43. The Morgan fingerprint density at radius 2 is 1.31 bits per heavy atom. The lowest BCUT2D eigenvalue weighted by molar-refractivity contribution is -0.118. The zero-order chi connectivity index (χ0) is 46.1. The van der Waals surface area contributed by atoms with Gasteiger partial charge in [-0.1, -0.05) is 136 Å². The van der Waals surface area contributed by atoms with Crippen molar-refractivity contribution < 1.29 is 33.1 Å². The van der Waals surface area contributed by atoms with Gasteiger partial charge in [0.05, 0.1) is 6.61 Å². The van der Waals surface area contributed by atoms with Crippen LogP contribution >= 0.6 is 0 Å². The molecule has 5 amide bonds. The molecule has 0 aromatic heterocycles. The highest BCUT2D eigenvalue weighted by atomic mass is 28.4. The Labute approximate surface area is 378 Å². The summed E-state index contributed by atoms with van der Waals surface area (Å²) in [7, 11) is -1.28. The lowest BCUT2D eigenvalue weighted by atomic mass is 9.98. The zero-order valence-corrected chi connectivity index (χ0v) is 38.9. The van der Waals surface area contributed by atoms with Crippen LogP contribution in [0.3, 0.4) is 0 Å². The molecule has 0 spiro atoms. The molecule has 0 bridgehead atoms. The number of urea groups is 1. The normalized spacial score (nSPS) is 12.9. The van der Waals surface area contributed by atoms with E-state index in [2.05, 4.69) is 85.3 Å². The van der Waals surface area contributed by atoms with Gasteiger partial charge in [-0.3, -0.25) is 4.79 Å². The summed E-state index contributed by atoms with van der Waals surface area (Å²) >= 11 is 0. The number of carbonyl (C=O) groups is 4. The van der Waals surface area contributed by atoms with E-state index < -0.39 is 44.1 Å². The Kier molecular flexibility index (Phi) is 15.0. The van der Waals surface area contributed by atoms with E-state index >= 15 is 0 Å². The van der Waals surface area contributed by atoms with Crippen molar-refractivity contribution in [3.05, 3.63) is 150 Å². The number of hydrogen-bond donors (Lipinski definition) is 4. The number of rotatable bonds is 16. The van der Waals surface area contributed by atoms with Crippen molar-refractivity contribution >= 4 is 48.5 Å². The maximum atomic E-state index is 13.9. The summed E-state index contributed by atoms with van der Waals surface area (Å²) in [6.07, 6.45) is -0.711. The monoisotopic (exact) mass is 883 g/mol. The third-order valence-corrected chi connectivity index (χ3v) is 16.3. The SMILES string of the molecule is CN(Cc1cc(NC(=O)[C@H](CCCNC(N)=O)NC(=O)OC(C)(C)C)ccc1CO[Si](c1ccccc1)(c1ccccc1)C(C)(C)C)C(=O)OCC1c2ccccc2-c2ccccc21. The van der Waals surface area contributed by atoms with E-state index in [0.717, 1.165) is 43.8 Å². The number of ether oxygens (including phenoxy) is 2. The minimum absolute atomic E-state index is 0.104. The van der Waals surface area contributed by atoms with Crippen LogP contribution in [0.4, 0.5) is 20.1 Å². The molecule has 64 heavy (non-hydrogen) atoms. The lowest BCUT2D eigenvalue weighted by Crippen LogP contribution is -2.66. The van der Waals surface area contributed by atoms with E-state index in [0.29, 0.717) is 12.1 Å². The van der Waals surface area contributed by atoms with Crippen molar-refractivity contribution in [1.82, 2.24) is 15.5 Å². The smallest absolute Gasteiger partial charge is 0.409 e. The molecule has 12 nitrogen and oxygen atoms in total. The summed E-state index contributed by atoms with van der Waals surface area (Å²) in [6, 6.07) is 41.0. The van der Waals surface area contributed by atoms with Crippen molar-refractivity contribution in [2.75, 3.05) is 25.5 Å². The summed E-state index contributed by atoms with van der Waals surface area (Å²) in [5, 5.41) is 10.1. The average molecular weight is 884 g/mol. The molecule has 0 saturated heterocycles. The van der Waals surface area contributed by atoms with Crippen molar-refractivity contribution in [3.63, 3.8) is 0 Å². The van der Waals surface area contributed by atoms with Crippen LogP contribution in [0.15, 0.2) is 127 Å². The molecule has 0 radical (unpaired) electrons.